The van der Waals surface area contributed by atoms with Crippen molar-refractivity contribution in [3.63, 3.8) is 0 Å². The van der Waals surface area contributed by atoms with E-state index in [-0.39, 0.29) is 32.5 Å². The molecule has 0 amide bonds. The molecule has 12 heteroatoms. The monoisotopic (exact) mass is 646 g/mol. The van der Waals surface area contributed by atoms with Gasteiger partial charge in [-0.15, -0.1) is 0 Å². The normalized spacial score (nSPS) is 11.8. The summed E-state index contributed by atoms with van der Waals surface area (Å²) in [5.74, 6) is -9.75. The quantitative estimate of drug-likeness (QED) is 0.0510. The molecule has 0 spiro atoms. The van der Waals surface area contributed by atoms with Crippen LogP contribution < -0.4 is 0 Å². The maximum Gasteiger partial charge on any atom is 0.208 e. The first-order valence-electron chi connectivity index (χ1n) is 14.2. The summed E-state index contributed by atoms with van der Waals surface area (Å²) < 4.78 is 5.60. The van der Waals surface area contributed by atoms with Crippen molar-refractivity contribution in [3.05, 3.63) is 66.7 Å². The van der Waals surface area contributed by atoms with E-state index in [1.54, 1.807) is 12.1 Å². The van der Waals surface area contributed by atoms with E-state index >= 15 is 0 Å². The summed E-state index contributed by atoms with van der Waals surface area (Å²) in [6, 6.07) is 17.7. The molecule has 0 radical (unpaired) electrons. The first kappa shape index (κ1) is 28.4. The molecule has 7 aromatic carbocycles. The maximum atomic E-state index is 11.6. The lowest BCUT2D eigenvalue weighted by Crippen LogP contribution is -1.94. The van der Waals surface area contributed by atoms with Crippen LogP contribution in [-0.4, -0.2) is 56.2 Å². The molecule has 0 aliphatic heterocycles. The lowest BCUT2D eigenvalue weighted by Gasteiger charge is -2.21. The first-order valence-corrected chi connectivity index (χ1v) is 14.2. The van der Waals surface area contributed by atoms with E-state index in [1.165, 1.54) is 12.1 Å². The Kier molecular flexibility index (Phi) is 5.60. The van der Waals surface area contributed by atoms with Crippen LogP contribution in [0.5, 0.6) is 63.2 Å². The minimum atomic E-state index is -1.16. The molecule has 0 saturated carbocycles. The Balaban J connectivity index is 1.70. The van der Waals surface area contributed by atoms with Gasteiger partial charge in [-0.05, 0) is 67.7 Å². The molecule has 11 N–H and O–H groups in total. The fourth-order valence-corrected chi connectivity index (χ4v) is 6.65. The summed E-state index contributed by atoms with van der Waals surface area (Å²) in [4.78, 5) is 0. The topological polar surface area (TPSA) is 236 Å². The molecule has 0 aliphatic rings. The number of fused-ring (bicyclic) bond motifs is 6. The van der Waals surface area contributed by atoms with E-state index in [9.17, 15) is 56.2 Å². The molecule has 1 heterocycles. The number of aromatic hydroxyl groups is 11. The molecule has 8 aromatic rings. The minimum absolute atomic E-state index is 0.0819. The average Bonchev–Trinajstić information content (AvgIpc) is 3.47. The fourth-order valence-electron chi connectivity index (χ4n) is 6.65. The van der Waals surface area contributed by atoms with Gasteiger partial charge in [0.25, 0.3) is 0 Å². The van der Waals surface area contributed by atoms with E-state index in [0.29, 0.717) is 11.1 Å². The molecular weight excluding hydrogens is 624 g/mol. The second kappa shape index (κ2) is 9.47. The summed E-state index contributed by atoms with van der Waals surface area (Å²) in [6.45, 7) is 0. The van der Waals surface area contributed by atoms with Crippen molar-refractivity contribution in [2.45, 2.75) is 0 Å². The number of hydrogen-bond donors (Lipinski definition) is 11. The first-order chi connectivity index (χ1) is 22.9. The highest BCUT2D eigenvalue weighted by Crippen LogP contribution is 2.61. The van der Waals surface area contributed by atoms with Crippen molar-refractivity contribution in [2.75, 3.05) is 0 Å². The van der Waals surface area contributed by atoms with Crippen LogP contribution in [0, 0.1) is 0 Å². The zero-order valence-electron chi connectivity index (χ0n) is 24.2. The van der Waals surface area contributed by atoms with Gasteiger partial charge in [-0.25, -0.2) is 0 Å². The van der Waals surface area contributed by atoms with Crippen LogP contribution in [0.4, 0.5) is 0 Å². The van der Waals surface area contributed by atoms with Gasteiger partial charge in [-0.3, -0.25) is 0 Å². The van der Waals surface area contributed by atoms with Gasteiger partial charge in [0.1, 0.15) is 0 Å². The molecule has 1 aromatic heterocycles. The standard InChI is InChI=1S/C36H22O12/c37-19-8-15-17(10-21(19)39)24(18-11-22(40)20(38)9-16(18)23(15)14-7-3-5-12-4-1-2-6-13(12)14)25-26-27-29(42)30(43)32(45)34(47)36(27)48-35(26)33(46)31(44)28(25)41/h1-11,37-47H. The zero-order chi connectivity index (χ0) is 33.9. The summed E-state index contributed by atoms with van der Waals surface area (Å²) in [5, 5.41) is 120. The van der Waals surface area contributed by atoms with Crippen LogP contribution in [0.25, 0.3) is 76.5 Å². The predicted octanol–water partition coefficient (Wildman–Crippen LogP) is 7.14. The molecule has 0 fully saturated rings. The van der Waals surface area contributed by atoms with Crippen molar-refractivity contribution in [1.82, 2.24) is 0 Å². The minimum Gasteiger partial charge on any atom is -0.504 e. The van der Waals surface area contributed by atoms with E-state index < -0.39 is 85.4 Å². The van der Waals surface area contributed by atoms with E-state index in [1.807, 2.05) is 30.3 Å². The number of rotatable bonds is 2. The highest BCUT2D eigenvalue weighted by atomic mass is 16.4. The second-order valence-electron chi connectivity index (χ2n) is 11.4. The van der Waals surface area contributed by atoms with Gasteiger partial charge in [0.15, 0.2) is 45.7 Å². The number of furan rings is 1. The number of hydrogen-bond acceptors (Lipinski definition) is 12. The molecule has 8 rings (SSSR count). The van der Waals surface area contributed by atoms with Crippen LogP contribution in [0.15, 0.2) is 71.1 Å². The fraction of sp³-hybridized carbons (Fsp3) is 0. The van der Waals surface area contributed by atoms with Crippen LogP contribution in [0.3, 0.4) is 0 Å². The van der Waals surface area contributed by atoms with Crippen molar-refractivity contribution in [1.29, 1.82) is 0 Å². The Hall–Kier alpha value is -7.08. The Morgan fingerprint density at radius 1 is 0.354 bits per heavy atom. The van der Waals surface area contributed by atoms with Gasteiger partial charge in [0.2, 0.25) is 28.7 Å². The molecule has 0 bridgehead atoms. The van der Waals surface area contributed by atoms with E-state index in [0.717, 1.165) is 22.9 Å². The molecule has 0 atom stereocenters. The molecule has 0 aliphatic carbocycles. The zero-order valence-corrected chi connectivity index (χ0v) is 24.2. The SMILES string of the molecule is Oc1cc2c(-c3cccc4ccccc34)c3cc(O)c(O)cc3c(-c3c(O)c(O)c(O)c4oc5c(O)c(O)c(O)c(O)c5c34)c2cc1O. The van der Waals surface area contributed by atoms with Crippen molar-refractivity contribution >= 4 is 54.3 Å². The highest BCUT2D eigenvalue weighted by molar-refractivity contribution is 6.30. The summed E-state index contributed by atoms with van der Waals surface area (Å²) in [6.07, 6.45) is 0. The number of phenolic OH excluding ortho intramolecular Hbond substituents is 11. The van der Waals surface area contributed by atoms with Crippen LogP contribution in [0.1, 0.15) is 0 Å². The molecular formula is C36H22O12. The largest absolute Gasteiger partial charge is 0.504 e. The van der Waals surface area contributed by atoms with Gasteiger partial charge in [0, 0.05) is 16.5 Å². The smallest absolute Gasteiger partial charge is 0.208 e. The summed E-state index contributed by atoms with van der Waals surface area (Å²) >= 11 is 0. The number of benzene rings is 7. The average molecular weight is 647 g/mol. The van der Waals surface area contributed by atoms with E-state index in [4.69, 9.17) is 4.42 Å². The van der Waals surface area contributed by atoms with Crippen molar-refractivity contribution in [3.8, 4) is 85.5 Å². The van der Waals surface area contributed by atoms with Crippen LogP contribution >= 0.6 is 0 Å². The Labute approximate surface area is 266 Å². The van der Waals surface area contributed by atoms with E-state index in [2.05, 4.69) is 0 Å². The van der Waals surface area contributed by atoms with Gasteiger partial charge in [-0.2, -0.15) is 0 Å². The molecule has 238 valence electrons. The van der Waals surface area contributed by atoms with Crippen LogP contribution in [0.2, 0.25) is 0 Å². The number of phenols is 11. The van der Waals surface area contributed by atoms with Crippen molar-refractivity contribution in [2.24, 2.45) is 0 Å². The van der Waals surface area contributed by atoms with Crippen LogP contribution in [-0.2, 0) is 0 Å². The van der Waals surface area contributed by atoms with Gasteiger partial charge in [0.05, 0.1) is 5.39 Å². The summed E-state index contributed by atoms with van der Waals surface area (Å²) in [7, 11) is 0. The second-order valence-corrected chi connectivity index (χ2v) is 11.4. The highest BCUT2D eigenvalue weighted by Gasteiger charge is 2.33. The molecule has 0 saturated heterocycles. The Morgan fingerprint density at radius 2 is 0.812 bits per heavy atom. The molecule has 12 nitrogen and oxygen atoms in total. The third-order valence-electron chi connectivity index (χ3n) is 8.80. The third kappa shape index (κ3) is 3.53. The van der Waals surface area contributed by atoms with Gasteiger partial charge >= 0.3 is 0 Å². The lowest BCUT2D eigenvalue weighted by molar-refractivity contribution is 0.347. The van der Waals surface area contributed by atoms with Gasteiger partial charge in [-0.1, -0.05) is 42.5 Å². The van der Waals surface area contributed by atoms with Crippen molar-refractivity contribution < 1.29 is 60.6 Å². The summed E-state index contributed by atoms with van der Waals surface area (Å²) in [5.41, 5.74) is -0.679. The third-order valence-corrected chi connectivity index (χ3v) is 8.80. The van der Waals surface area contributed by atoms with Gasteiger partial charge < -0.3 is 60.6 Å². The maximum absolute atomic E-state index is 11.6. The Morgan fingerprint density at radius 3 is 1.40 bits per heavy atom. The molecule has 0 unspecified atom stereocenters. The molecule has 48 heavy (non-hydrogen) atoms. The predicted molar refractivity (Wildman–Crippen MR) is 175 cm³/mol. The lowest BCUT2D eigenvalue weighted by atomic mass is 9.83. The Bertz CT molecular complexity index is 2670.